The SMILES string of the molecule is C=C(CC(O)/C=C/C)c1ccccc1[Si](C)(C)C. The first-order chi connectivity index (χ1) is 8.36. The van der Waals surface area contributed by atoms with Gasteiger partial charge in [-0.3, -0.25) is 0 Å². The van der Waals surface area contributed by atoms with Crippen LogP contribution in [0.25, 0.3) is 5.57 Å². The number of rotatable bonds is 5. The summed E-state index contributed by atoms with van der Waals surface area (Å²) in [6.45, 7) is 13.1. The van der Waals surface area contributed by atoms with Crippen LogP contribution < -0.4 is 5.19 Å². The van der Waals surface area contributed by atoms with Crippen molar-refractivity contribution >= 4 is 18.8 Å². The molecule has 0 spiro atoms. The van der Waals surface area contributed by atoms with E-state index in [0.29, 0.717) is 6.42 Å². The highest BCUT2D eigenvalue weighted by molar-refractivity contribution is 6.89. The Labute approximate surface area is 112 Å². The van der Waals surface area contributed by atoms with Crippen molar-refractivity contribution in [1.29, 1.82) is 0 Å². The summed E-state index contributed by atoms with van der Waals surface area (Å²) in [5.41, 5.74) is 2.25. The van der Waals surface area contributed by atoms with Crippen LogP contribution in [0.15, 0.2) is 43.0 Å². The van der Waals surface area contributed by atoms with Crippen LogP contribution in [0.2, 0.25) is 19.6 Å². The summed E-state index contributed by atoms with van der Waals surface area (Å²) in [6.07, 6.45) is 3.86. The molecule has 0 bridgehead atoms. The second-order valence-electron chi connectivity index (χ2n) is 5.70. The lowest BCUT2D eigenvalue weighted by atomic mass is 10.0. The van der Waals surface area contributed by atoms with Gasteiger partial charge >= 0.3 is 0 Å². The fraction of sp³-hybridized carbons (Fsp3) is 0.375. The lowest BCUT2D eigenvalue weighted by molar-refractivity contribution is 0.229. The van der Waals surface area contributed by atoms with Crippen LogP contribution in [0.1, 0.15) is 18.9 Å². The van der Waals surface area contributed by atoms with Gasteiger partial charge in [0.2, 0.25) is 0 Å². The minimum absolute atomic E-state index is 0.433. The third-order valence-electron chi connectivity index (χ3n) is 2.99. The molecule has 0 fully saturated rings. The number of allylic oxidation sites excluding steroid dienone is 1. The fourth-order valence-corrected chi connectivity index (χ4v) is 3.76. The van der Waals surface area contributed by atoms with Gasteiger partial charge in [0.25, 0.3) is 0 Å². The molecule has 1 rings (SSSR count). The Hall–Kier alpha value is -1.12. The summed E-state index contributed by atoms with van der Waals surface area (Å²) in [7, 11) is -1.37. The van der Waals surface area contributed by atoms with Gasteiger partial charge in [0.05, 0.1) is 14.2 Å². The van der Waals surface area contributed by atoms with Crippen molar-refractivity contribution in [2.24, 2.45) is 0 Å². The van der Waals surface area contributed by atoms with Crippen LogP contribution in [-0.2, 0) is 0 Å². The predicted molar refractivity (Wildman–Crippen MR) is 83.9 cm³/mol. The third kappa shape index (κ3) is 3.97. The highest BCUT2D eigenvalue weighted by Gasteiger charge is 2.21. The van der Waals surface area contributed by atoms with Gasteiger partial charge in [-0.25, -0.2) is 0 Å². The summed E-state index contributed by atoms with van der Waals surface area (Å²) >= 11 is 0. The van der Waals surface area contributed by atoms with Gasteiger partial charge in [-0.2, -0.15) is 0 Å². The van der Waals surface area contributed by atoms with Crippen molar-refractivity contribution in [3.05, 3.63) is 48.6 Å². The number of aliphatic hydroxyl groups excluding tert-OH is 1. The van der Waals surface area contributed by atoms with E-state index in [1.807, 2.05) is 25.1 Å². The number of benzene rings is 1. The molecule has 0 saturated heterocycles. The highest BCUT2D eigenvalue weighted by atomic mass is 28.3. The third-order valence-corrected chi connectivity index (χ3v) is 5.04. The van der Waals surface area contributed by atoms with Gasteiger partial charge in [-0.1, -0.05) is 67.8 Å². The van der Waals surface area contributed by atoms with E-state index in [2.05, 4.69) is 44.4 Å². The molecule has 0 radical (unpaired) electrons. The van der Waals surface area contributed by atoms with Gasteiger partial charge in [0.15, 0.2) is 0 Å². The van der Waals surface area contributed by atoms with E-state index in [1.54, 1.807) is 0 Å². The molecule has 0 aliphatic carbocycles. The lowest BCUT2D eigenvalue weighted by Gasteiger charge is -2.22. The molecule has 2 heteroatoms. The summed E-state index contributed by atoms with van der Waals surface area (Å²) < 4.78 is 0. The normalized spacial score (nSPS) is 13.8. The number of hydrogen-bond donors (Lipinski definition) is 1. The Kier molecular flexibility index (Phi) is 5.11. The second kappa shape index (κ2) is 6.16. The maximum atomic E-state index is 9.84. The standard InChI is InChI=1S/C16H24OSi/c1-6-9-14(17)12-13(2)15-10-7-8-11-16(15)18(3,4)5/h6-11,14,17H,2,12H2,1,3-5H3/b9-6+. The van der Waals surface area contributed by atoms with Crippen LogP contribution in [0, 0.1) is 0 Å². The largest absolute Gasteiger partial charge is 0.389 e. The van der Waals surface area contributed by atoms with Gasteiger partial charge < -0.3 is 5.11 Å². The molecular weight excluding hydrogens is 236 g/mol. The second-order valence-corrected chi connectivity index (χ2v) is 10.7. The van der Waals surface area contributed by atoms with E-state index in [1.165, 1.54) is 10.8 Å². The molecule has 1 aromatic rings. The zero-order valence-corrected chi connectivity index (χ0v) is 12.9. The molecule has 1 unspecified atom stereocenters. The molecular formula is C16H24OSi. The minimum atomic E-state index is -1.37. The fourth-order valence-electron chi connectivity index (χ4n) is 2.10. The van der Waals surface area contributed by atoms with Gasteiger partial charge in [0, 0.05) is 6.42 Å². The van der Waals surface area contributed by atoms with Crippen LogP contribution in [0.4, 0.5) is 0 Å². The Morgan fingerprint density at radius 3 is 2.50 bits per heavy atom. The van der Waals surface area contributed by atoms with E-state index >= 15 is 0 Å². The number of hydrogen-bond acceptors (Lipinski definition) is 1. The number of aliphatic hydroxyl groups is 1. The quantitative estimate of drug-likeness (QED) is 0.634. The van der Waals surface area contributed by atoms with Crippen LogP contribution in [0.5, 0.6) is 0 Å². The van der Waals surface area contributed by atoms with Gasteiger partial charge in [-0.15, -0.1) is 0 Å². The molecule has 0 heterocycles. The average Bonchev–Trinajstić information content (AvgIpc) is 2.28. The van der Waals surface area contributed by atoms with Crippen molar-refractivity contribution in [2.45, 2.75) is 39.1 Å². The first kappa shape index (κ1) is 14.9. The lowest BCUT2D eigenvalue weighted by Crippen LogP contribution is -2.39. The molecule has 18 heavy (non-hydrogen) atoms. The minimum Gasteiger partial charge on any atom is -0.389 e. The summed E-state index contributed by atoms with van der Waals surface area (Å²) in [5, 5.41) is 11.3. The van der Waals surface area contributed by atoms with Crippen molar-refractivity contribution in [1.82, 2.24) is 0 Å². The molecule has 98 valence electrons. The average molecular weight is 260 g/mol. The Bertz CT molecular complexity index is 441. The molecule has 0 aliphatic rings. The highest BCUT2D eigenvalue weighted by Crippen LogP contribution is 2.19. The topological polar surface area (TPSA) is 20.2 Å². The Morgan fingerprint density at radius 1 is 1.33 bits per heavy atom. The smallest absolute Gasteiger partial charge is 0.0783 e. The van der Waals surface area contributed by atoms with Gasteiger partial charge in [-0.05, 0) is 18.1 Å². The molecule has 1 nitrogen and oxygen atoms in total. The van der Waals surface area contributed by atoms with Gasteiger partial charge in [0.1, 0.15) is 0 Å². The Morgan fingerprint density at radius 2 is 1.94 bits per heavy atom. The molecule has 1 aromatic carbocycles. The molecule has 1 atom stereocenters. The maximum Gasteiger partial charge on any atom is 0.0783 e. The first-order valence-corrected chi connectivity index (χ1v) is 9.94. The zero-order valence-electron chi connectivity index (χ0n) is 11.9. The molecule has 0 aromatic heterocycles. The van der Waals surface area contributed by atoms with Crippen molar-refractivity contribution in [3.8, 4) is 0 Å². The zero-order chi connectivity index (χ0) is 13.8. The molecule has 1 N–H and O–H groups in total. The van der Waals surface area contributed by atoms with Crippen LogP contribution >= 0.6 is 0 Å². The first-order valence-electron chi connectivity index (χ1n) is 6.44. The van der Waals surface area contributed by atoms with E-state index < -0.39 is 14.2 Å². The summed E-state index contributed by atoms with van der Waals surface area (Å²) in [5.74, 6) is 0. The van der Waals surface area contributed by atoms with Crippen LogP contribution in [0.3, 0.4) is 0 Å². The van der Waals surface area contributed by atoms with Crippen molar-refractivity contribution < 1.29 is 5.11 Å². The predicted octanol–water partition coefficient (Wildman–Crippen LogP) is 3.57. The summed E-state index contributed by atoms with van der Waals surface area (Å²) in [4.78, 5) is 0. The van der Waals surface area contributed by atoms with E-state index in [0.717, 1.165) is 5.57 Å². The van der Waals surface area contributed by atoms with E-state index in [-0.39, 0.29) is 0 Å². The van der Waals surface area contributed by atoms with Crippen molar-refractivity contribution in [3.63, 3.8) is 0 Å². The molecule has 0 amide bonds. The van der Waals surface area contributed by atoms with Crippen molar-refractivity contribution in [2.75, 3.05) is 0 Å². The van der Waals surface area contributed by atoms with Crippen LogP contribution in [-0.4, -0.2) is 19.3 Å². The Balaban J connectivity index is 3.00. The van der Waals surface area contributed by atoms with E-state index in [4.69, 9.17) is 0 Å². The monoisotopic (exact) mass is 260 g/mol. The maximum absolute atomic E-state index is 9.84. The van der Waals surface area contributed by atoms with E-state index in [9.17, 15) is 5.11 Å². The molecule has 0 saturated carbocycles. The molecule has 0 aliphatic heterocycles. The summed E-state index contributed by atoms with van der Waals surface area (Å²) in [6, 6.07) is 8.46.